The zero-order valence-corrected chi connectivity index (χ0v) is 14.1. The summed E-state index contributed by atoms with van der Waals surface area (Å²) in [6, 6.07) is 9.10. The van der Waals surface area contributed by atoms with Gasteiger partial charge in [0, 0.05) is 15.4 Å². The fourth-order valence-electron chi connectivity index (χ4n) is 2.79. The van der Waals surface area contributed by atoms with Gasteiger partial charge in [-0.15, -0.1) is 0 Å². The van der Waals surface area contributed by atoms with Crippen molar-refractivity contribution < 1.29 is 9.90 Å². The molecule has 0 aliphatic heterocycles. The molecule has 0 amide bonds. The molecule has 0 unspecified atom stereocenters. The zero-order chi connectivity index (χ0) is 16.7. The third-order valence-corrected chi connectivity index (χ3v) is 4.30. The van der Waals surface area contributed by atoms with Crippen LogP contribution in [0.4, 0.5) is 0 Å². The molecule has 3 aromatic rings. The fourth-order valence-corrected chi connectivity index (χ4v) is 3.26. The van der Waals surface area contributed by atoms with E-state index in [1.165, 1.54) is 0 Å². The minimum absolute atomic E-state index is 0.0527. The first kappa shape index (κ1) is 15.8. The zero-order valence-electron chi connectivity index (χ0n) is 12.6. The maximum Gasteiger partial charge on any atom is 0.357 e. The van der Waals surface area contributed by atoms with E-state index in [1.807, 2.05) is 32.0 Å². The average Bonchev–Trinajstić information content (AvgIpc) is 2.81. The van der Waals surface area contributed by atoms with Gasteiger partial charge in [0.2, 0.25) is 0 Å². The molecule has 3 rings (SSSR count). The van der Waals surface area contributed by atoms with Crippen molar-refractivity contribution in [3.63, 3.8) is 0 Å². The van der Waals surface area contributed by atoms with E-state index in [1.54, 1.807) is 16.8 Å². The van der Waals surface area contributed by atoms with Crippen LogP contribution in [0.25, 0.3) is 10.9 Å². The Labute approximate surface area is 143 Å². The SMILES string of the molecule is Cc1cc(C)c2c(c1)c(C(=O)O)nn2Cc1ccc(Cl)cc1Cl. The summed E-state index contributed by atoms with van der Waals surface area (Å²) in [6.45, 7) is 4.26. The van der Waals surface area contributed by atoms with Gasteiger partial charge in [-0.2, -0.15) is 5.10 Å². The normalized spacial score (nSPS) is 11.1. The van der Waals surface area contributed by atoms with Crippen molar-refractivity contribution in [2.45, 2.75) is 20.4 Å². The molecule has 4 nitrogen and oxygen atoms in total. The number of carboxylic acids is 1. The summed E-state index contributed by atoms with van der Waals surface area (Å²) in [5.74, 6) is -1.04. The second-order valence-corrected chi connectivity index (χ2v) is 6.37. The van der Waals surface area contributed by atoms with E-state index >= 15 is 0 Å². The Morgan fingerprint density at radius 3 is 2.61 bits per heavy atom. The number of carboxylic acid groups (broad SMARTS) is 1. The molecule has 1 heterocycles. The highest BCUT2D eigenvalue weighted by Gasteiger charge is 2.19. The minimum Gasteiger partial charge on any atom is -0.476 e. The van der Waals surface area contributed by atoms with Crippen molar-refractivity contribution in [3.8, 4) is 0 Å². The third kappa shape index (κ3) is 2.92. The van der Waals surface area contributed by atoms with Gasteiger partial charge in [0.15, 0.2) is 5.69 Å². The predicted octanol–water partition coefficient (Wildman–Crippen LogP) is 4.71. The number of carbonyl (C=O) groups is 1. The van der Waals surface area contributed by atoms with E-state index in [0.717, 1.165) is 22.2 Å². The van der Waals surface area contributed by atoms with Crippen LogP contribution in [0.15, 0.2) is 30.3 Å². The van der Waals surface area contributed by atoms with Gasteiger partial charge < -0.3 is 5.11 Å². The number of nitrogens with zero attached hydrogens (tertiary/aromatic N) is 2. The van der Waals surface area contributed by atoms with Crippen molar-refractivity contribution >= 4 is 40.1 Å². The molecule has 0 aliphatic carbocycles. The highest BCUT2D eigenvalue weighted by atomic mass is 35.5. The van der Waals surface area contributed by atoms with Crippen molar-refractivity contribution in [1.82, 2.24) is 9.78 Å². The lowest BCUT2D eigenvalue weighted by Crippen LogP contribution is -2.05. The summed E-state index contributed by atoms with van der Waals surface area (Å²) >= 11 is 12.1. The van der Waals surface area contributed by atoms with Crippen molar-refractivity contribution in [2.24, 2.45) is 0 Å². The Morgan fingerprint density at radius 2 is 1.96 bits per heavy atom. The fraction of sp³-hybridized carbons (Fsp3) is 0.176. The van der Waals surface area contributed by atoms with E-state index in [9.17, 15) is 9.90 Å². The Morgan fingerprint density at radius 1 is 1.22 bits per heavy atom. The maximum atomic E-state index is 11.5. The standard InChI is InChI=1S/C17H14Cl2N2O2/c1-9-5-10(2)16-13(6-9)15(17(22)23)20-21(16)8-11-3-4-12(18)7-14(11)19/h3-7H,8H2,1-2H3,(H,22,23). The molecule has 23 heavy (non-hydrogen) atoms. The highest BCUT2D eigenvalue weighted by Crippen LogP contribution is 2.27. The van der Waals surface area contributed by atoms with Crippen LogP contribution in [0, 0.1) is 13.8 Å². The molecule has 0 radical (unpaired) electrons. The minimum atomic E-state index is -1.04. The number of hydrogen-bond donors (Lipinski definition) is 1. The topological polar surface area (TPSA) is 55.1 Å². The van der Waals surface area contributed by atoms with Crippen LogP contribution >= 0.6 is 23.2 Å². The van der Waals surface area contributed by atoms with Crippen LogP contribution in [-0.4, -0.2) is 20.9 Å². The Balaban J connectivity index is 2.19. The molecule has 0 aliphatic rings. The van der Waals surface area contributed by atoms with Gasteiger partial charge in [0.1, 0.15) is 0 Å². The van der Waals surface area contributed by atoms with E-state index < -0.39 is 5.97 Å². The van der Waals surface area contributed by atoms with Gasteiger partial charge in [-0.25, -0.2) is 4.79 Å². The number of aromatic nitrogens is 2. The van der Waals surface area contributed by atoms with Crippen LogP contribution in [0.5, 0.6) is 0 Å². The molecule has 0 saturated carbocycles. The molecular formula is C17H14Cl2N2O2. The Bertz CT molecular complexity index is 932. The van der Waals surface area contributed by atoms with Gasteiger partial charge in [-0.05, 0) is 43.2 Å². The van der Waals surface area contributed by atoms with E-state index in [4.69, 9.17) is 23.2 Å². The van der Waals surface area contributed by atoms with Crippen LogP contribution in [-0.2, 0) is 6.54 Å². The third-order valence-electron chi connectivity index (χ3n) is 3.72. The number of fused-ring (bicyclic) bond motifs is 1. The Hall–Kier alpha value is -2.04. The van der Waals surface area contributed by atoms with Gasteiger partial charge in [0.25, 0.3) is 0 Å². The van der Waals surface area contributed by atoms with Gasteiger partial charge >= 0.3 is 5.97 Å². The summed E-state index contributed by atoms with van der Waals surface area (Å²) in [5.41, 5.74) is 3.67. The van der Waals surface area contributed by atoms with E-state index in [2.05, 4.69) is 5.10 Å². The molecule has 0 bridgehead atoms. The van der Waals surface area contributed by atoms with Crippen LogP contribution < -0.4 is 0 Å². The summed E-state index contributed by atoms with van der Waals surface area (Å²) in [7, 11) is 0. The molecule has 0 saturated heterocycles. The van der Waals surface area contributed by atoms with Gasteiger partial charge in [0.05, 0.1) is 12.1 Å². The summed E-state index contributed by atoms with van der Waals surface area (Å²) < 4.78 is 1.68. The van der Waals surface area contributed by atoms with Crippen molar-refractivity contribution in [2.75, 3.05) is 0 Å². The second-order valence-electron chi connectivity index (χ2n) is 5.53. The predicted molar refractivity (Wildman–Crippen MR) is 91.7 cm³/mol. The summed E-state index contributed by atoms with van der Waals surface area (Å²) in [6.07, 6.45) is 0. The van der Waals surface area contributed by atoms with Crippen molar-refractivity contribution in [3.05, 3.63) is 62.8 Å². The molecule has 1 aromatic heterocycles. The first-order valence-electron chi connectivity index (χ1n) is 7.02. The Kier molecular flexibility index (Phi) is 4.04. The number of halogens is 2. The summed E-state index contributed by atoms with van der Waals surface area (Å²) in [5, 5.41) is 15.4. The summed E-state index contributed by atoms with van der Waals surface area (Å²) in [4.78, 5) is 11.5. The number of rotatable bonds is 3. The molecule has 6 heteroatoms. The lowest BCUT2D eigenvalue weighted by Gasteiger charge is -2.08. The number of benzene rings is 2. The monoisotopic (exact) mass is 348 g/mol. The number of hydrogen-bond acceptors (Lipinski definition) is 2. The number of aryl methyl sites for hydroxylation is 2. The van der Waals surface area contributed by atoms with Crippen LogP contribution in [0.2, 0.25) is 10.0 Å². The molecule has 2 aromatic carbocycles. The molecule has 0 atom stereocenters. The first-order valence-corrected chi connectivity index (χ1v) is 7.77. The highest BCUT2D eigenvalue weighted by molar-refractivity contribution is 6.35. The molecule has 118 valence electrons. The smallest absolute Gasteiger partial charge is 0.357 e. The lowest BCUT2D eigenvalue weighted by atomic mass is 10.1. The number of aromatic carboxylic acids is 1. The second kappa shape index (κ2) is 5.87. The molecule has 0 fully saturated rings. The lowest BCUT2D eigenvalue weighted by molar-refractivity contribution is 0.0691. The van der Waals surface area contributed by atoms with Gasteiger partial charge in [-0.3, -0.25) is 4.68 Å². The molecule has 0 spiro atoms. The van der Waals surface area contributed by atoms with Crippen LogP contribution in [0.1, 0.15) is 27.2 Å². The average molecular weight is 349 g/mol. The largest absolute Gasteiger partial charge is 0.476 e. The quantitative estimate of drug-likeness (QED) is 0.745. The van der Waals surface area contributed by atoms with Crippen LogP contribution in [0.3, 0.4) is 0 Å². The molecule has 1 N–H and O–H groups in total. The van der Waals surface area contributed by atoms with Crippen molar-refractivity contribution in [1.29, 1.82) is 0 Å². The van der Waals surface area contributed by atoms with Gasteiger partial charge in [-0.1, -0.05) is 40.9 Å². The van der Waals surface area contributed by atoms with E-state index in [0.29, 0.717) is 22.0 Å². The maximum absolute atomic E-state index is 11.5. The first-order chi connectivity index (χ1) is 10.9. The molecular weight excluding hydrogens is 335 g/mol. The van der Waals surface area contributed by atoms with E-state index in [-0.39, 0.29) is 5.69 Å².